The van der Waals surface area contributed by atoms with E-state index in [9.17, 15) is 23.5 Å². The van der Waals surface area contributed by atoms with Gasteiger partial charge in [-0.3, -0.25) is 14.9 Å². The van der Waals surface area contributed by atoms with Crippen LogP contribution in [0, 0.1) is 23.0 Å². The summed E-state index contributed by atoms with van der Waals surface area (Å²) >= 11 is 0. The van der Waals surface area contributed by atoms with Crippen LogP contribution in [0.3, 0.4) is 0 Å². The lowest BCUT2D eigenvalue weighted by Crippen LogP contribution is -2.42. The summed E-state index contributed by atoms with van der Waals surface area (Å²) in [4.78, 5) is 25.3. The Kier molecular flexibility index (Phi) is 5.60. The smallest absolute Gasteiger partial charge is 0.234 e. The van der Waals surface area contributed by atoms with Gasteiger partial charge < -0.3 is 10.0 Å². The van der Waals surface area contributed by atoms with Crippen LogP contribution in [0.25, 0.3) is 0 Å². The molecule has 3 fully saturated rings. The predicted octanol–water partition coefficient (Wildman–Crippen LogP) is 3.25. The third-order valence-corrected chi connectivity index (χ3v) is 7.26. The Morgan fingerprint density at radius 2 is 1.66 bits per heavy atom. The van der Waals surface area contributed by atoms with E-state index >= 15 is 0 Å². The second-order valence-electron chi connectivity index (χ2n) is 8.94. The Hall–Kier alpha value is -2.02. The zero-order valence-corrected chi connectivity index (χ0v) is 16.6. The molecule has 1 aromatic rings. The lowest BCUT2D eigenvalue weighted by molar-refractivity contribution is -0.134. The van der Waals surface area contributed by atoms with Gasteiger partial charge in [0.05, 0.1) is 5.92 Å². The van der Waals surface area contributed by atoms with Crippen molar-refractivity contribution >= 4 is 17.5 Å². The number of nitrogens with zero attached hydrogens (tertiary/aromatic N) is 1. The molecule has 0 radical (unpaired) electrons. The third-order valence-electron chi connectivity index (χ3n) is 7.26. The Balaban J connectivity index is 1.45. The maximum atomic E-state index is 14.8. The molecule has 1 spiro atoms. The number of carbonyl (C=O) groups is 2. The number of rotatable bonds is 3. The van der Waals surface area contributed by atoms with Crippen LogP contribution >= 0.6 is 0 Å². The molecule has 1 aromatic carbocycles. The van der Waals surface area contributed by atoms with Crippen molar-refractivity contribution in [2.45, 2.75) is 57.3 Å². The molecule has 4 rings (SSSR count). The van der Waals surface area contributed by atoms with Gasteiger partial charge in [-0.1, -0.05) is 0 Å². The molecule has 1 atom stereocenters. The van der Waals surface area contributed by atoms with E-state index in [-0.39, 0.29) is 25.0 Å². The first kappa shape index (κ1) is 20.3. The van der Waals surface area contributed by atoms with Crippen molar-refractivity contribution in [1.29, 1.82) is 0 Å². The first-order valence-electron chi connectivity index (χ1n) is 10.6. The van der Waals surface area contributed by atoms with Crippen LogP contribution in [0.5, 0.6) is 0 Å². The van der Waals surface area contributed by atoms with Gasteiger partial charge in [-0.25, -0.2) is 8.78 Å². The summed E-state index contributed by atoms with van der Waals surface area (Å²) in [5.41, 5.74) is 0.566. The molecule has 2 heterocycles. The molecule has 1 aliphatic carbocycles. The second-order valence-corrected chi connectivity index (χ2v) is 8.94. The summed E-state index contributed by atoms with van der Waals surface area (Å²) in [6.07, 6.45) is 6.53. The second kappa shape index (κ2) is 8.01. The molecule has 1 saturated carbocycles. The fourth-order valence-corrected chi connectivity index (χ4v) is 5.27. The average molecular weight is 406 g/mol. The zero-order chi connectivity index (χ0) is 20.6. The van der Waals surface area contributed by atoms with Gasteiger partial charge in [0.2, 0.25) is 11.8 Å². The SMILES string of the molecule is O=C1CCC(c2c(F)cc(N3CCC4(CCC(CO)CC4)CC3)cc2F)C(=O)N1. The molecule has 158 valence electrons. The molecule has 5 nitrogen and oxygen atoms in total. The van der Waals surface area contributed by atoms with Gasteiger partial charge in [-0.15, -0.1) is 0 Å². The van der Waals surface area contributed by atoms with Gasteiger partial charge in [0.15, 0.2) is 0 Å². The highest BCUT2D eigenvalue weighted by molar-refractivity contribution is 6.01. The number of carbonyl (C=O) groups excluding carboxylic acids is 2. The number of nitrogens with one attached hydrogen (secondary N) is 1. The summed E-state index contributed by atoms with van der Waals surface area (Å²) < 4.78 is 29.6. The zero-order valence-electron chi connectivity index (χ0n) is 16.6. The van der Waals surface area contributed by atoms with Crippen molar-refractivity contribution in [2.75, 3.05) is 24.6 Å². The number of imide groups is 1. The first-order valence-corrected chi connectivity index (χ1v) is 10.6. The number of aliphatic hydroxyl groups excluding tert-OH is 1. The molecule has 0 bridgehead atoms. The lowest BCUT2D eigenvalue weighted by atomic mass is 9.65. The number of aliphatic hydroxyl groups is 1. The Morgan fingerprint density at radius 3 is 2.21 bits per heavy atom. The van der Waals surface area contributed by atoms with Gasteiger partial charge >= 0.3 is 0 Å². The molecule has 2 saturated heterocycles. The van der Waals surface area contributed by atoms with E-state index in [4.69, 9.17) is 0 Å². The van der Waals surface area contributed by atoms with E-state index in [2.05, 4.69) is 5.32 Å². The number of piperidine rings is 2. The fourth-order valence-electron chi connectivity index (χ4n) is 5.27. The van der Waals surface area contributed by atoms with Crippen molar-refractivity contribution < 1.29 is 23.5 Å². The molecule has 2 N–H and O–H groups in total. The molecular formula is C22H28F2N2O3. The summed E-state index contributed by atoms with van der Waals surface area (Å²) in [7, 11) is 0. The van der Waals surface area contributed by atoms with E-state index in [1.807, 2.05) is 4.90 Å². The van der Waals surface area contributed by atoms with E-state index < -0.39 is 29.4 Å². The molecule has 2 amide bonds. The van der Waals surface area contributed by atoms with Crippen molar-refractivity contribution in [3.8, 4) is 0 Å². The van der Waals surface area contributed by atoms with Gasteiger partial charge in [-0.2, -0.15) is 0 Å². The predicted molar refractivity (Wildman–Crippen MR) is 104 cm³/mol. The van der Waals surface area contributed by atoms with Gasteiger partial charge in [0, 0.05) is 37.4 Å². The number of halogens is 2. The van der Waals surface area contributed by atoms with Crippen LogP contribution in [0.1, 0.15) is 62.8 Å². The Labute approximate surface area is 169 Å². The number of hydrogen-bond donors (Lipinski definition) is 2. The van der Waals surface area contributed by atoms with E-state index in [0.717, 1.165) is 51.6 Å². The van der Waals surface area contributed by atoms with Crippen molar-refractivity contribution in [3.05, 3.63) is 29.3 Å². The number of hydrogen-bond acceptors (Lipinski definition) is 4. The maximum Gasteiger partial charge on any atom is 0.234 e. The molecule has 0 aromatic heterocycles. The Morgan fingerprint density at radius 1 is 1.03 bits per heavy atom. The van der Waals surface area contributed by atoms with Crippen LogP contribution in [-0.4, -0.2) is 36.6 Å². The highest BCUT2D eigenvalue weighted by Gasteiger charge is 2.38. The topological polar surface area (TPSA) is 69.6 Å². The molecule has 29 heavy (non-hydrogen) atoms. The van der Waals surface area contributed by atoms with Crippen molar-refractivity contribution in [2.24, 2.45) is 11.3 Å². The normalized spacial score (nSPS) is 25.3. The minimum atomic E-state index is -0.965. The Bertz CT molecular complexity index is 772. The molecular weight excluding hydrogens is 378 g/mol. The highest BCUT2D eigenvalue weighted by atomic mass is 19.1. The summed E-state index contributed by atoms with van der Waals surface area (Å²) in [5, 5.41) is 11.5. The number of benzene rings is 1. The fraction of sp³-hybridized carbons (Fsp3) is 0.636. The minimum Gasteiger partial charge on any atom is -0.396 e. The summed E-state index contributed by atoms with van der Waals surface area (Å²) in [5.74, 6) is -3.03. The molecule has 3 aliphatic rings. The van der Waals surface area contributed by atoms with Crippen LogP contribution in [0.2, 0.25) is 0 Å². The third kappa shape index (κ3) is 4.02. The largest absolute Gasteiger partial charge is 0.396 e. The van der Waals surface area contributed by atoms with Gasteiger partial charge in [0.25, 0.3) is 0 Å². The van der Waals surface area contributed by atoms with Crippen molar-refractivity contribution in [3.63, 3.8) is 0 Å². The van der Waals surface area contributed by atoms with Crippen LogP contribution in [0.15, 0.2) is 12.1 Å². The monoisotopic (exact) mass is 406 g/mol. The highest BCUT2D eigenvalue weighted by Crippen LogP contribution is 2.47. The van der Waals surface area contributed by atoms with Gasteiger partial charge in [-0.05, 0) is 68.4 Å². The van der Waals surface area contributed by atoms with Gasteiger partial charge in [0.1, 0.15) is 11.6 Å². The van der Waals surface area contributed by atoms with E-state index in [1.165, 1.54) is 12.1 Å². The lowest BCUT2D eigenvalue weighted by Gasteiger charge is -2.46. The number of anilines is 1. The summed E-state index contributed by atoms with van der Waals surface area (Å²) in [6, 6.07) is 2.64. The summed E-state index contributed by atoms with van der Waals surface area (Å²) in [6.45, 7) is 1.77. The quantitative estimate of drug-likeness (QED) is 0.756. The average Bonchev–Trinajstić information content (AvgIpc) is 2.70. The van der Waals surface area contributed by atoms with Crippen LogP contribution in [0.4, 0.5) is 14.5 Å². The molecule has 1 unspecified atom stereocenters. The van der Waals surface area contributed by atoms with Crippen LogP contribution < -0.4 is 10.2 Å². The molecule has 2 aliphatic heterocycles. The number of amides is 2. The minimum absolute atomic E-state index is 0.0857. The van der Waals surface area contributed by atoms with E-state index in [0.29, 0.717) is 17.0 Å². The van der Waals surface area contributed by atoms with E-state index in [1.54, 1.807) is 0 Å². The first-order chi connectivity index (χ1) is 13.9. The standard InChI is InChI=1S/C22H28F2N2O3/c23-17-11-15(12-18(24)20(17)16-1-2-19(28)25-21(16)29)26-9-7-22(8-10-26)5-3-14(13-27)4-6-22/h11-12,14,16,27H,1-10,13H2,(H,25,28,29). The van der Waals surface area contributed by atoms with Crippen LogP contribution in [-0.2, 0) is 9.59 Å². The van der Waals surface area contributed by atoms with Crippen molar-refractivity contribution in [1.82, 2.24) is 5.32 Å². The molecule has 7 heteroatoms. The maximum absolute atomic E-state index is 14.8.